The van der Waals surface area contributed by atoms with Crippen molar-refractivity contribution in [2.45, 2.75) is 13.0 Å². The topological polar surface area (TPSA) is 64.8 Å². The summed E-state index contributed by atoms with van der Waals surface area (Å²) < 4.78 is 11.3. The lowest BCUT2D eigenvalue weighted by Crippen LogP contribution is -2.46. The molecule has 1 heterocycles. The number of rotatable bonds is 6. The fraction of sp³-hybridized carbons (Fsp3) is 0.533. The van der Waals surface area contributed by atoms with Crippen LogP contribution < -0.4 is 10.5 Å². The van der Waals surface area contributed by atoms with Crippen molar-refractivity contribution in [3.8, 4) is 5.75 Å². The van der Waals surface area contributed by atoms with Crippen LogP contribution in [0, 0.1) is 0 Å². The van der Waals surface area contributed by atoms with Gasteiger partial charge in [-0.1, -0.05) is 12.1 Å². The van der Waals surface area contributed by atoms with Gasteiger partial charge in [-0.05, 0) is 19.1 Å². The van der Waals surface area contributed by atoms with Crippen LogP contribution in [0.1, 0.15) is 17.3 Å². The normalized spacial score (nSPS) is 18.9. The number of ether oxygens (including phenoxy) is 2. The van der Waals surface area contributed by atoms with Gasteiger partial charge < -0.3 is 15.2 Å². The Morgan fingerprint density at radius 3 is 2.95 bits per heavy atom. The van der Waals surface area contributed by atoms with Crippen LogP contribution in [0.15, 0.2) is 24.3 Å². The molecule has 0 amide bonds. The van der Waals surface area contributed by atoms with Gasteiger partial charge in [-0.2, -0.15) is 0 Å². The number of carbonyl (C=O) groups excluding carboxylic acids is 1. The Balaban J connectivity index is 0.00000220. The number of benzene rings is 1. The Bertz CT molecular complexity index is 456. The lowest BCUT2D eigenvalue weighted by atomic mass is 10.1. The summed E-state index contributed by atoms with van der Waals surface area (Å²) in [5.74, 6) is 0.679. The molecule has 2 rings (SSSR count). The summed E-state index contributed by atoms with van der Waals surface area (Å²) in [4.78, 5) is 13.8. The first kappa shape index (κ1) is 17.9. The number of hydrogen-bond donors (Lipinski definition) is 1. The number of ketones is 1. The zero-order valence-corrected chi connectivity index (χ0v) is 13.1. The number of Topliss-reactive ketones (excluding diaryl/α,β-unsaturated/α-hetero) is 1. The molecule has 1 aliphatic rings. The van der Waals surface area contributed by atoms with Crippen LogP contribution in [-0.4, -0.2) is 56.2 Å². The van der Waals surface area contributed by atoms with E-state index in [4.69, 9.17) is 15.2 Å². The summed E-state index contributed by atoms with van der Waals surface area (Å²) in [7, 11) is 0. The van der Waals surface area contributed by atoms with Gasteiger partial charge in [0.25, 0.3) is 0 Å². The highest BCUT2D eigenvalue weighted by Crippen LogP contribution is 2.18. The van der Waals surface area contributed by atoms with E-state index in [2.05, 4.69) is 4.90 Å². The molecule has 0 aliphatic carbocycles. The van der Waals surface area contributed by atoms with E-state index in [1.54, 1.807) is 13.0 Å². The summed E-state index contributed by atoms with van der Waals surface area (Å²) >= 11 is 0. The van der Waals surface area contributed by atoms with Crippen molar-refractivity contribution in [3.05, 3.63) is 29.8 Å². The lowest BCUT2D eigenvalue weighted by molar-refractivity contribution is -0.0261. The van der Waals surface area contributed by atoms with Crippen LogP contribution in [0.5, 0.6) is 5.75 Å². The van der Waals surface area contributed by atoms with Crippen molar-refractivity contribution in [3.63, 3.8) is 0 Å². The largest absolute Gasteiger partial charge is 0.491 e. The molecule has 0 saturated carbocycles. The molecule has 1 aromatic carbocycles. The minimum atomic E-state index is 0. The van der Waals surface area contributed by atoms with Crippen molar-refractivity contribution in [2.24, 2.45) is 5.73 Å². The summed E-state index contributed by atoms with van der Waals surface area (Å²) in [6.07, 6.45) is 0.119. The van der Waals surface area contributed by atoms with Crippen LogP contribution in [0.3, 0.4) is 0 Å². The molecule has 1 saturated heterocycles. The quantitative estimate of drug-likeness (QED) is 0.803. The molecule has 2 N–H and O–H groups in total. The third kappa shape index (κ3) is 5.28. The fourth-order valence-corrected chi connectivity index (χ4v) is 2.29. The van der Waals surface area contributed by atoms with Crippen molar-refractivity contribution >= 4 is 18.2 Å². The Morgan fingerprint density at radius 2 is 2.24 bits per heavy atom. The molecular weight excluding hydrogens is 292 g/mol. The second-order valence-electron chi connectivity index (χ2n) is 4.93. The van der Waals surface area contributed by atoms with Gasteiger partial charge in [-0.3, -0.25) is 9.69 Å². The molecule has 5 nitrogen and oxygen atoms in total. The Morgan fingerprint density at radius 1 is 1.48 bits per heavy atom. The van der Waals surface area contributed by atoms with E-state index >= 15 is 0 Å². The van der Waals surface area contributed by atoms with Gasteiger partial charge in [0.2, 0.25) is 0 Å². The van der Waals surface area contributed by atoms with E-state index < -0.39 is 0 Å². The predicted molar refractivity (Wildman–Crippen MR) is 84.4 cm³/mol. The van der Waals surface area contributed by atoms with Crippen LogP contribution in [0.25, 0.3) is 0 Å². The third-order valence-electron chi connectivity index (χ3n) is 3.42. The summed E-state index contributed by atoms with van der Waals surface area (Å²) in [6, 6.07) is 7.34. The Kier molecular flexibility index (Phi) is 7.67. The molecule has 1 atom stereocenters. The van der Waals surface area contributed by atoms with E-state index in [-0.39, 0.29) is 24.3 Å². The maximum absolute atomic E-state index is 11.5. The standard InChI is InChI=1S/C15H22N2O3.ClH/c1-12(18)14-4-2-3-5-15(14)20-9-7-17-6-8-19-13(10-16)11-17;/h2-5,13H,6-11,16H2,1H3;1H. The van der Waals surface area contributed by atoms with Crippen molar-refractivity contribution in [1.29, 1.82) is 0 Å². The molecule has 0 radical (unpaired) electrons. The second kappa shape index (κ2) is 9.00. The SMILES string of the molecule is CC(=O)c1ccccc1OCCN1CCOC(CN)C1.Cl. The lowest BCUT2D eigenvalue weighted by Gasteiger charge is -2.32. The number of para-hydroxylation sites is 1. The third-order valence-corrected chi connectivity index (χ3v) is 3.42. The molecule has 118 valence electrons. The molecule has 0 bridgehead atoms. The highest BCUT2D eigenvalue weighted by Gasteiger charge is 2.18. The first-order chi connectivity index (χ1) is 9.70. The monoisotopic (exact) mass is 314 g/mol. The second-order valence-corrected chi connectivity index (χ2v) is 4.93. The van der Waals surface area contributed by atoms with Gasteiger partial charge in [0, 0.05) is 26.2 Å². The Hall–Kier alpha value is -1.14. The van der Waals surface area contributed by atoms with E-state index in [1.165, 1.54) is 0 Å². The number of morpholine rings is 1. The molecule has 0 spiro atoms. The maximum Gasteiger partial charge on any atom is 0.163 e. The zero-order chi connectivity index (χ0) is 14.4. The van der Waals surface area contributed by atoms with E-state index in [0.717, 1.165) is 19.6 Å². The molecule has 6 heteroatoms. The Labute approximate surface area is 131 Å². The maximum atomic E-state index is 11.5. The zero-order valence-electron chi connectivity index (χ0n) is 12.3. The first-order valence-electron chi connectivity index (χ1n) is 6.97. The van der Waals surface area contributed by atoms with Crippen molar-refractivity contribution in [1.82, 2.24) is 4.90 Å². The number of halogens is 1. The smallest absolute Gasteiger partial charge is 0.163 e. The van der Waals surface area contributed by atoms with Gasteiger partial charge in [0.1, 0.15) is 12.4 Å². The summed E-state index contributed by atoms with van der Waals surface area (Å²) in [5.41, 5.74) is 6.25. The fourth-order valence-electron chi connectivity index (χ4n) is 2.29. The van der Waals surface area contributed by atoms with Gasteiger partial charge >= 0.3 is 0 Å². The van der Waals surface area contributed by atoms with E-state index in [1.807, 2.05) is 18.2 Å². The minimum Gasteiger partial charge on any atom is -0.491 e. The van der Waals surface area contributed by atoms with Crippen LogP contribution in [0.4, 0.5) is 0 Å². The number of hydrogen-bond acceptors (Lipinski definition) is 5. The number of carbonyl (C=O) groups is 1. The minimum absolute atomic E-state index is 0. The molecule has 1 aliphatic heterocycles. The van der Waals surface area contributed by atoms with Crippen LogP contribution in [-0.2, 0) is 4.74 Å². The predicted octanol–water partition coefficient (Wildman–Crippen LogP) is 1.35. The van der Waals surface area contributed by atoms with Crippen molar-refractivity contribution < 1.29 is 14.3 Å². The summed E-state index contributed by atoms with van der Waals surface area (Å²) in [5, 5.41) is 0. The highest BCUT2D eigenvalue weighted by molar-refractivity contribution is 5.96. The molecule has 1 unspecified atom stereocenters. The van der Waals surface area contributed by atoms with Crippen molar-refractivity contribution in [2.75, 3.05) is 39.4 Å². The number of nitrogens with two attached hydrogens (primary N) is 1. The van der Waals surface area contributed by atoms with Gasteiger partial charge in [0.15, 0.2) is 5.78 Å². The van der Waals surface area contributed by atoms with E-state index in [9.17, 15) is 4.79 Å². The van der Waals surface area contributed by atoms with E-state index in [0.29, 0.717) is 31.1 Å². The van der Waals surface area contributed by atoms with Gasteiger partial charge in [-0.25, -0.2) is 0 Å². The van der Waals surface area contributed by atoms with Gasteiger partial charge in [-0.15, -0.1) is 12.4 Å². The first-order valence-corrected chi connectivity index (χ1v) is 6.97. The molecule has 1 fully saturated rings. The van der Waals surface area contributed by atoms with Crippen LogP contribution >= 0.6 is 12.4 Å². The van der Waals surface area contributed by atoms with Crippen LogP contribution in [0.2, 0.25) is 0 Å². The molecular formula is C15H23ClN2O3. The number of nitrogens with zero attached hydrogens (tertiary/aromatic N) is 1. The highest BCUT2D eigenvalue weighted by atomic mass is 35.5. The molecule has 21 heavy (non-hydrogen) atoms. The average molecular weight is 315 g/mol. The molecule has 0 aromatic heterocycles. The summed E-state index contributed by atoms with van der Waals surface area (Å²) in [6.45, 7) is 5.92. The molecule has 1 aromatic rings. The average Bonchev–Trinajstić information content (AvgIpc) is 2.48. The van der Waals surface area contributed by atoms with Gasteiger partial charge in [0.05, 0.1) is 18.3 Å².